The van der Waals surface area contributed by atoms with Gasteiger partial charge in [-0.25, -0.2) is 4.98 Å². The predicted molar refractivity (Wildman–Crippen MR) is 45.0 cm³/mol. The van der Waals surface area contributed by atoms with Gasteiger partial charge in [0.1, 0.15) is 5.82 Å². The molecule has 0 fully saturated rings. The van der Waals surface area contributed by atoms with Crippen LogP contribution in [-0.2, 0) is 11.2 Å². The van der Waals surface area contributed by atoms with E-state index in [9.17, 15) is 4.79 Å². The Balaban J connectivity index is 2.97. The molecule has 0 atom stereocenters. The first-order valence-electron chi connectivity index (χ1n) is 3.22. The third kappa shape index (κ3) is 2.10. The third-order valence-corrected chi connectivity index (χ3v) is 1.60. The minimum absolute atomic E-state index is 0.204. The van der Waals surface area contributed by atoms with Crippen LogP contribution in [0.4, 0.5) is 5.82 Å². The van der Waals surface area contributed by atoms with Gasteiger partial charge in [0, 0.05) is 0 Å². The van der Waals surface area contributed by atoms with Crippen molar-refractivity contribution in [1.29, 1.82) is 0 Å². The Bertz CT molecular complexity index is 314. The number of rotatable bonds is 2. The minimum Gasteiger partial charge on any atom is -0.481 e. The summed E-state index contributed by atoms with van der Waals surface area (Å²) in [5.74, 6) is -0.703. The Morgan fingerprint density at radius 1 is 1.67 bits per heavy atom. The highest BCUT2D eigenvalue weighted by Crippen LogP contribution is 2.15. The van der Waals surface area contributed by atoms with Crippen molar-refractivity contribution in [2.45, 2.75) is 6.42 Å². The van der Waals surface area contributed by atoms with Crippen molar-refractivity contribution in [3.8, 4) is 0 Å². The van der Waals surface area contributed by atoms with E-state index >= 15 is 0 Å². The Labute approximate surface area is 74.0 Å². The second-order valence-electron chi connectivity index (χ2n) is 2.24. The van der Waals surface area contributed by atoms with Gasteiger partial charge >= 0.3 is 5.97 Å². The zero-order valence-corrected chi connectivity index (χ0v) is 6.88. The fraction of sp³-hybridized carbons (Fsp3) is 0.143. The number of carboxylic acids is 1. The summed E-state index contributed by atoms with van der Waals surface area (Å²) in [6.45, 7) is 0. The van der Waals surface area contributed by atoms with Crippen LogP contribution in [0, 0.1) is 0 Å². The van der Waals surface area contributed by atoms with Gasteiger partial charge in [0.05, 0.1) is 17.1 Å². The van der Waals surface area contributed by atoms with E-state index in [0.29, 0.717) is 10.7 Å². The molecule has 0 saturated carbocycles. The van der Waals surface area contributed by atoms with E-state index in [0.717, 1.165) is 0 Å². The van der Waals surface area contributed by atoms with Gasteiger partial charge < -0.3 is 10.8 Å². The van der Waals surface area contributed by atoms with Crippen molar-refractivity contribution < 1.29 is 9.90 Å². The molecule has 0 spiro atoms. The summed E-state index contributed by atoms with van der Waals surface area (Å²) in [7, 11) is 0. The summed E-state index contributed by atoms with van der Waals surface area (Å²) in [5.41, 5.74) is 5.64. The lowest BCUT2D eigenvalue weighted by Crippen LogP contribution is -2.04. The van der Waals surface area contributed by atoms with Crippen molar-refractivity contribution in [1.82, 2.24) is 4.98 Å². The number of hydrogen-bond acceptors (Lipinski definition) is 3. The number of carboxylic acid groups (broad SMARTS) is 1. The first-order valence-corrected chi connectivity index (χ1v) is 3.60. The first kappa shape index (κ1) is 8.80. The maximum atomic E-state index is 10.3. The molecule has 0 bridgehead atoms. The number of aromatic nitrogens is 1. The topological polar surface area (TPSA) is 76.2 Å². The largest absolute Gasteiger partial charge is 0.481 e. The molecule has 1 heterocycles. The Morgan fingerprint density at radius 2 is 2.33 bits per heavy atom. The Kier molecular flexibility index (Phi) is 2.50. The fourth-order valence-electron chi connectivity index (χ4n) is 0.768. The number of nitrogens with two attached hydrogens (primary N) is 1. The lowest BCUT2D eigenvalue weighted by atomic mass is 10.3. The van der Waals surface area contributed by atoms with E-state index in [1.54, 1.807) is 0 Å². The standard InChI is InChI=1S/C7H7ClN2O2/c8-4-1-2-6(9)10-5(4)3-7(11)12/h1-2H,3H2,(H2,9,10)(H,11,12). The van der Waals surface area contributed by atoms with Crippen molar-refractivity contribution in [2.24, 2.45) is 0 Å². The molecule has 0 aliphatic heterocycles. The van der Waals surface area contributed by atoms with E-state index in [1.807, 2.05) is 0 Å². The monoisotopic (exact) mass is 186 g/mol. The molecular formula is C7H7ClN2O2. The second kappa shape index (κ2) is 3.40. The number of nitrogen functional groups attached to an aromatic ring is 1. The highest BCUT2D eigenvalue weighted by atomic mass is 35.5. The number of pyridine rings is 1. The molecule has 1 rings (SSSR count). The normalized spacial score (nSPS) is 9.75. The van der Waals surface area contributed by atoms with Gasteiger partial charge in [0.15, 0.2) is 0 Å². The van der Waals surface area contributed by atoms with E-state index in [1.165, 1.54) is 12.1 Å². The van der Waals surface area contributed by atoms with Crippen LogP contribution in [-0.4, -0.2) is 16.1 Å². The molecule has 0 amide bonds. The highest BCUT2D eigenvalue weighted by Gasteiger charge is 2.06. The lowest BCUT2D eigenvalue weighted by molar-refractivity contribution is -0.136. The van der Waals surface area contributed by atoms with Crippen LogP contribution in [0.15, 0.2) is 12.1 Å². The molecule has 3 N–H and O–H groups in total. The molecule has 1 aromatic rings. The average molecular weight is 187 g/mol. The number of carbonyl (C=O) groups is 1. The SMILES string of the molecule is Nc1ccc(Cl)c(CC(=O)O)n1. The summed E-state index contributed by atoms with van der Waals surface area (Å²) in [6.07, 6.45) is -0.204. The van der Waals surface area contributed by atoms with Gasteiger partial charge in [-0.2, -0.15) is 0 Å². The minimum atomic E-state index is -0.977. The maximum Gasteiger partial charge on any atom is 0.309 e. The molecule has 0 unspecified atom stereocenters. The van der Waals surface area contributed by atoms with Crippen LogP contribution in [0.3, 0.4) is 0 Å². The number of aliphatic carboxylic acids is 1. The van der Waals surface area contributed by atoms with E-state index in [4.69, 9.17) is 22.4 Å². The summed E-state index contributed by atoms with van der Waals surface area (Å²) in [5, 5.41) is 8.77. The van der Waals surface area contributed by atoms with Crippen LogP contribution >= 0.6 is 11.6 Å². The summed E-state index contributed by atoms with van der Waals surface area (Å²) in [4.78, 5) is 14.1. The zero-order valence-electron chi connectivity index (χ0n) is 6.12. The molecule has 0 aliphatic carbocycles. The molecule has 0 aromatic carbocycles. The molecule has 4 nitrogen and oxygen atoms in total. The van der Waals surface area contributed by atoms with Gasteiger partial charge in [0.2, 0.25) is 0 Å². The molecular weight excluding hydrogens is 180 g/mol. The quantitative estimate of drug-likeness (QED) is 0.721. The summed E-state index contributed by atoms with van der Waals surface area (Å²) >= 11 is 5.66. The predicted octanol–water partition coefficient (Wildman–Crippen LogP) is 0.944. The summed E-state index contributed by atoms with van der Waals surface area (Å²) < 4.78 is 0. The van der Waals surface area contributed by atoms with Crippen LogP contribution in [0.1, 0.15) is 5.69 Å². The molecule has 64 valence electrons. The maximum absolute atomic E-state index is 10.3. The molecule has 0 aliphatic rings. The Hall–Kier alpha value is -1.29. The van der Waals surface area contributed by atoms with Crippen molar-refractivity contribution in [2.75, 3.05) is 5.73 Å². The number of hydrogen-bond donors (Lipinski definition) is 2. The lowest BCUT2D eigenvalue weighted by Gasteiger charge is -2.00. The van der Waals surface area contributed by atoms with Gasteiger partial charge in [-0.3, -0.25) is 4.79 Å². The summed E-state index contributed by atoms with van der Waals surface area (Å²) in [6, 6.07) is 3.05. The molecule has 0 saturated heterocycles. The van der Waals surface area contributed by atoms with Gasteiger partial charge in [-0.05, 0) is 12.1 Å². The molecule has 12 heavy (non-hydrogen) atoms. The van der Waals surface area contributed by atoms with Gasteiger partial charge in [0.25, 0.3) is 0 Å². The third-order valence-electron chi connectivity index (χ3n) is 1.26. The number of nitrogens with zero attached hydrogens (tertiary/aromatic N) is 1. The average Bonchev–Trinajstić information content (AvgIpc) is 1.96. The molecule has 0 radical (unpaired) electrons. The van der Waals surface area contributed by atoms with Crippen molar-refractivity contribution in [3.63, 3.8) is 0 Å². The Morgan fingerprint density at radius 3 is 2.92 bits per heavy atom. The second-order valence-corrected chi connectivity index (χ2v) is 2.64. The van der Waals surface area contributed by atoms with Gasteiger partial charge in [-0.15, -0.1) is 0 Å². The van der Waals surface area contributed by atoms with Crippen LogP contribution < -0.4 is 5.73 Å². The van der Waals surface area contributed by atoms with Crippen LogP contribution in [0.5, 0.6) is 0 Å². The fourth-order valence-corrected chi connectivity index (χ4v) is 0.941. The van der Waals surface area contributed by atoms with E-state index in [-0.39, 0.29) is 12.2 Å². The number of anilines is 1. The van der Waals surface area contributed by atoms with E-state index < -0.39 is 5.97 Å². The smallest absolute Gasteiger partial charge is 0.309 e. The van der Waals surface area contributed by atoms with Crippen LogP contribution in [0.2, 0.25) is 5.02 Å². The van der Waals surface area contributed by atoms with E-state index in [2.05, 4.69) is 4.98 Å². The first-order chi connectivity index (χ1) is 5.59. The van der Waals surface area contributed by atoms with Gasteiger partial charge in [-0.1, -0.05) is 11.6 Å². The number of halogens is 1. The molecule has 5 heteroatoms. The molecule has 1 aromatic heterocycles. The highest BCUT2D eigenvalue weighted by molar-refractivity contribution is 6.31. The van der Waals surface area contributed by atoms with Crippen molar-refractivity contribution in [3.05, 3.63) is 22.8 Å². The van der Waals surface area contributed by atoms with Crippen molar-refractivity contribution >= 4 is 23.4 Å². The van der Waals surface area contributed by atoms with Crippen LogP contribution in [0.25, 0.3) is 0 Å². The zero-order chi connectivity index (χ0) is 9.14.